The van der Waals surface area contributed by atoms with E-state index in [1.165, 1.54) is 5.69 Å². The molecule has 1 saturated heterocycles. The zero-order valence-electron chi connectivity index (χ0n) is 22.1. The largest absolute Gasteiger partial charge is 0.388 e. The summed E-state index contributed by atoms with van der Waals surface area (Å²) < 4.78 is 6.57. The van der Waals surface area contributed by atoms with Crippen molar-refractivity contribution in [1.29, 1.82) is 0 Å². The van der Waals surface area contributed by atoms with Crippen molar-refractivity contribution in [2.45, 2.75) is 39.3 Å². The van der Waals surface area contributed by atoms with Gasteiger partial charge >= 0.3 is 0 Å². The third-order valence-corrected chi connectivity index (χ3v) is 7.50. The number of Topliss-reactive ketones (excluding diaryl/α,β-unsaturated/α-hetero) is 1. The predicted molar refractivity (Wildman–Crippen MR) is 145 cm³/mol. The summed E-state index contributed by atoms with van der Waals surface area (Å²) >= 11 is 0. The Balaban J connectivity index is 0.000000967. The van der Waals surface area contributed by atoms with Crippen LogP contribution in [0, 0.1) is 5.92 Å². The standard InChI is InChI=1S/C28H33N3O2.C2H6O/c1-20(2)30-15-13-29(14-16-30)18-23-11-12-26-27(28(23)33)24-5-3-4-6-25(24)31(26)17-21-7-9-22(19-32)10-8-21;1-3-2/h3-10,19-20,23H,11-18H2,1-2H3;1-2H3. The van der Waals surface area contributed by atoms with Gasteiger partial charge in [0.05, 0.1) is 0 Å². The van der Waals surface area contributed by atoms with Crippen LogP contribution in [0.3, 0.4) is 0 Å². The molecule has 6 nitrogen and oxygen atoms in total. The summed E-state index contributed by atoms with van der Waals surface area (Å²) in [7, 11) is 3.25. The third-order valence-electron chi connectivity index (χ3n) is 7.50. The number of aldehydes is 1. The maximum absolute atomic E-state index is 13.7. The average molecular weight is 490 g/mol. The molecule has 2 aliphatic rings. The average Bonchev–Trinajstić information content (AvgIpc) is 3.21. The Hall–Kier alpha value is -2.80. The summed E-state index contributed by atoms with van der Waals surface area (Å²) in [6, 6.07) is 16.6. The number of rotatable bonds is 6. The van der Waals surface area contributed by atoms with Crippen LogP contribution in [0.1, 0.15) is 52.2 Å². The molecular formula is C30H39N3O3. The second kappa shape index (κ2) is 12.0. The van der Waals surface area contributed by atoms with E-state index in [4.69, 9.17) is 0 Å². The van der Waals surface area contributed by atoms with Gasteiger partial charge in [-0.15, -0.1) is 0 Å². The molecule has 1 atom stereocenters. The minimum absolute atomic E-state index is 0.0780. The first kappa shape index (κ1) is 26.3. The smallest absolute Gasteiger partial charge is 0.169 e. The van der Waals surface area contributed by atoms with E-state index in [1.54, 1.807) is 14.2 Å². The molecule has 192 valence electrons. The summed E-state index contributed by atoms with van der Waals surface area (Å²) in [6.45, 7) is 10.4. The Kier molecular flexibility index (Phi) is 8.72. The highest BCUT2D eigenvalue weighted by molar-refractivity contribution is 6.11. The van der Waals surface area contributed by atoms with E-state index >= 15 is 0 Å². The predicted octanol–water partition coefficient (Wildman–Crippen LogP) is 4.54. The molecule has 1 aromatic heterocycles. The highest BCUT2D eigenvalue weighted by atomic mass is 16.4. The normalized spacial score (nSPS) is 18.7. The van der Waals surface area contributed by atoms with Gasteiger partial charge in [-0.3, -0.25) is 14.5 Å². The minimum Gasteiger partial charge on any atom is -0.388 e. The second-order valence-electron chi connectivity index (χ2n) is 10.2. The topological polar surface area (TPSA) is 54.8 Å². The number of para-hydroxylation sites is 1. The van der Waals surface area contributed by atoms with Crippen molar-refractivity contribution in [3.8, 4) is 0 Å². The SMILES string of the molecule is CC(C)N1CCN(CC2CCc3c(c4ccccc4n3Cc3ccc(C=O)cc3)C2=O)CC1.COC. The van der Waals surface area contributed by atoms with Crippen molar-refractivity contribution < 1.29 is 14.3 Å². The molecule has 0 radical (unpaired) electrons. The number of piperazine rings is 1. The number of aromatic nitrogens is 1. The van der Waals surface area contributed by atoms with Gasteiger partial charge in [0.2, 0.25) is 0 Å². The number of ether oxygens (including phenoxy) is 1. The molecule has 0 saturated carbocycles. The van der Waals surface area contributed by atoms with E-state index in [2.05, 4.69) is 51.2 Å². The quantitative estimate of drug-likeness (QED) is 0.476. The van der Waals surface area contributed by atoms with E-state index < -0.39 is 0 Å². The number of hydrogen-bond donors (Lipinski definition) is 0. The van der Waals surface area contributed by atoms with Crippen molar-refractivity contribution in [1.82, 2.24) is 14.4 Å². The Morgan fingerprint density at radius 3 is 2.31 bits per heavy atom. The molecule has 36 heavy (non-hydrogen) atoms. The van der Waals surface area contributed by atoms with E-state index in [0.29, 0.717) is 23.9 Å². The summed E-state index contributed by atoms with van der Waals surface area (Å²) in [6.07, 6.45) is 2.72. The van der Waals surface area contributed by atoms with E-state index in [1.807, 2.05) is 30.3 Å². The lowest BCUT2D eigenvalue weighted by Gasteiger charge is -2.38. The fraction of sp³-hybridized carbons (Fsp3) is 0.467. The number of nitrogens with zero attached hydrogens (tertiary/aromatic N) is 3. The highest BCUT2D eigenvalue weighted by Gasteiger charge is 2.34. The number of benzene rings is 2. The fourth-order valence-corrected chi connectivity index (χ4v) is 5.55. The second-order valence-corrected chi connectivity index (χ2v) is 10.2. The van der Waals surface area contributed by atoms with Gasteiger partial charge in [0, 0.05) is 93.2 Å². The number of methoxy groups -OCH3 is 1. The molecule has 1 aliphatic carbocycles. The van der Waals surface area contributed by atoms with E-state index in [9.17, 15) is 9.59 Å². The molecule has 3 aromatic rings. The monoisotopic (exact) mass is 489 g/mol. The lowest BCUT2D eigenvalue weighted by molar-refractivity contribution is 0.0743. The Bertz CT molecular complexity index is 1170. The highest BCUT2D eigenvalue weighted by Crippen LogP contribution is 2.35. The molecule has 5 rings (SSSR count). The van der Waals surface area contributed by atoms with E-state index in [-0.39, 0.29) is 5.92 Å². The molecule has 1 unspecified atom stereocenters. The van der Waals surface area contributed by atoms with Gasteiger partial charge in [-0.1, -0.05) is 42.5 Å². The van der Waals surface area contributed by atoms with Gasteiger partial charge in [0.1, 0.15) is 6.29 Å². The molecule has 0 amide bonds. The fourth-order valence-electron chi connectivity index (χ4n) is 5.55. The van der Waals surface area contributed by atoms with Gasteiger partial charge in [-0.25, -0.2) is 0 Å². The van der Waals surface area contributed by atoms with Gasteiger partial charge in [0.25, 0.3) is 0 Å². The van der Waals surface area contributed by atoms with Crippen LogP contribution in [0.15, 0.2) is 48.5 Å². The van der Waals surface area contributed by atoms with Crippen LogP contribution in [0.4, 0.5) is 0 Å². The number of carbonyl (C=O) groups excluding carboxylic acids is 2. The summed E-state index contributed by atoms with van der Waals surface area (Å²) in [4.78, 5) is 29.8. The van der Waals surface area contributed by atoms with Gasteiger partial charge < -0.3 is 14.2 Å². The van der Waals surface area contributed by atoms with Crippen LogP contribution < -0.4 is 0 Å². The molecule has 6 heteroatoms. The Morgan fingerprint density at radius 2 is 1.67 bits per heavy atom. The maximum Gasteiger partial charge on any atom is 0.169 e. The lowest BCUT2D eigenvalue weighted by atomic mass is 9.84. The van der Waals surface area contributed by atoms with Crippen molar-refractivity contribution in [2.75, 3.05) is 46.9 Å². The molecule has 2 heterocycles. The number of hydrogen-bond acceptors (Lipinski definition) is 5. The van der Waals surface area contributed by atoms with Crippen molar-refractivity contribution in [3.05, 3.63) is 70.9 Å². The summed E-state index contributed by atoms with van der Waals surface area (Å²) in [5, 5.41) is 1.08. The number of ketones is 1. The molecule has 1 aliphatic heterocycles. The lowest BCUT2D eigenvalue weighted by Crippen LogP contribution is -2.50. The van der Waals surface area contributed by atoms with Crippen LogP contribution in [-0.4, -0.2) is 79.4 Å². The van der Waals surface area contributed by atoms with Gasteiger partial charge in [0.15, 0.2) is 5.78 Å². The zero-order valence-corrected chi connectivity index (χ0v) is 22.1. The summed E-state index contributed by atoms with van der Waals surface area (Å²) in [5.41, 5.74) is 5.06. The Morgan fingerprint density at radius 1 is 1.00 bits per heavy atom. The molecular weight excluding hydrogens is 450 g/mol. The van der Waals surface area contributed by atoms with E-state index in [0.717, 1.165) is 73.9 Å². The third kappa shape index (κ3) is 5.61. The van der Waals surface area contributed by atoms with Gasteiger partial charge in [-0.05, 0) is 38.3 Å². The first-order chi connectivity index (χ1) is 17.5. The minimum atomic E-state index is 0.0780. The van der Waals surface area contributed by atoms with Crippen molar-refractivity contribution >= 4 is 23.0 Å². The van der Waals surface area contributed by atoms with Crippen molar-refractivity contribution in [3.63, 3.8) is 0 Å². The molecule has 0 spiro atoms. The summed E-state index contributed by atoms with van der Waals surface area (Å²) in [5.74, 6) is 0.392. The first-order valence-corrected chi connectivity index (χ1v) is 13.0. The molecule has 0 bridgehead atoms. The van der Waals surface area contributed by atoms with Crippen LogP contribution in [-0.2, 0) is 17.7 Å². The van der Waals surface area contributed by atoms with Crippen LogP contribution in [0.25, 0.3) is 10.9 Å². The van der Waals surface area contributed by atoms with Gasteiger partial charge in [-0.2, -0.15) is 0 Å². The zero-order chi connectivity index (χ0) is 25.7. The maximum atomic E-state index is 13.7. The van der Waals surface area contributed by atoms with Crippen molar-refractivity contribution in [2.24, 2.45) is 5.92 Å². The first-order valence-electron chi connectivity index (χ1n) is 13.0. The van der Waals surface area contributed by atoms with Crippen LogP contribution in [0.5, 0.6) is 0 Å². The Labute approximate surface area is 214 Å². The molecule has 0 N–H and O–H groups in total. The molecule has 1 fully saturated rings. The molecule has 2 aromatic carbocycles. The van der Waals surface area contributed by atoms with Crippen LogP contribution >= 0.6 is 0 Å². The number of carbonyl (C=O) groups is 2. The van der Waals surface area contributed by atoms with Crippen LogP contribution in [0.2, 0.25) is 0 Å². The number of fused-ring (bicyclic) bond motifs is 3.